The van der Waals surface area contributed by atoms with Gasteiger partial charge >= 0.3 is 5.97 Å². The van der Waals surface area contributed by atoms with Crippen LogP contribution < -0.4 is 10.2 Å². The van der Waals surface area contributed by atoms with Gasteiger partial charge in [-0.25, -0.2) is 0 Å². The maximum atomic E-state index is 12.1. The maximum Gasteiger partial charge on any atom is 0.303 e. The molecular weight excluding hydrogens is 292 g/mol. The van der Waals surface area contributed by atoms with Crippen LogP contribution in [0, 0.1) is 5.41 Å². The van der Waals surface area contributed by atoms with Crippen LogP contribution in [0.4, 0.5) is 11.4 Å². The van der Waals surface area contributed by atoms with E-state index >= 15 is 0 Å². The molecule has 0 saturated heterocycles. The molecule has 0 unspecified atom stereocenters. The second kappa shape index (κ2) is 6.80. The Morgan fingerprint density at radius 1 is 1.29 bits per heavy atom. The number of aliphatic carboxylic acids is 1. The molecule has 0 saturated carbocycles. The quantitative estimate of drug-likeness (QED) is 0.846. The summed E-state index contributed by atoms with van der Waals surface area (Å²) in [7, 11) is 3.74. The molecule has 1 aromatic carbocycles. The van der Waals surface area contributed by atoms with E-state index in [0.717, 1.165) is 5.69 Å². The van der Waals surface area contributed by atoms with Crippen LogP contribution >= 0.6 is 11.6 Å². The average Bonchev–Trinajstić information content (AvgIpc) is 2.24. The number of anilines is 2. The zero-order valence-corrected chi connectivity index (χ0v) is 13.5. The van der Waals surface area contributed by atoms with E-state index in [9.17, 15) is 9.59 Å². The molecule has 0 aromatic heterocycles. The van der Waals surface area contributed by atoms with Crippen LogP contribution in [0.5, 0.6) is 0 Å². The molecular formula is C15H21ClN2O3. The monoisotopic (exact) mass is 312 g/mol. The Morgan fingerprint density at radius 3 is 2.43 bits per heavy atom. The number of hydrogen-bond acceptors (Lipinski definition) is 3. The molecule has 116 valence electrons. The fraction of sp³-hybridized carbons (Fsp3) is 0.467. The lowest BCUT2D eigenvalue weighted by Crippen LogP contribution is -2.25. The van der Waals surface area contributed by atoms with Gasteiger partial charge in [-0.2, -0.15) is 0 Å². The van der Waals surface area contributed by atoms with Crippen LogP contribution in [0.15, 0.2) is 18.2 Å². The molecule has 0 spiro atoms. The smallest absolute Gasteiger partial charge is 0.303 e. The van der Waals surface area contributed by atoms with E-state index in [2.05, 4.69) is 5.32 Å². The van der Waals surface area contributed by atoms with Gasteiger partial charge in [0.1, 0.15) is 0 Å². The Labute approximate surface area is 129 Å². The minimum absolute atomic E-state index is 0.0590. The van der Waals surface area contributed by atoms with E-state index in [4.69, 9.17) is 16.7 Å². The van der Waals surface area contributed by atoms with E-state index in [1.165, 1.54) is 0 Å². The summed E-state index contributed by atoms with van der Waals surface area (Å²) in [5.74, 6) is -1.14. The number of nitrogens with one attached hydrogen (secondary N) is 1. The van der Waals surface area contributed by atoms with Gasteiger partial charge in [0.15, 0.2) is 0 Å². The zero-order chi connectivity index (χ0) is 16.2. The lowest BCUT2D eigenvalue weighted by Gasteiger charge is -2.23. The Bertz CT molecular complexity index is 542. The number of hydrogen-bond donors (Lipinski definition) is 2. The summed E-state index contributed by atoms with van der Waals surface area (Å²) < 4.78 is 0. The van der Waals surface area contributed by atoms with E-state index in [1.54, 1.807) is 26.0 Å². The van der Waals surface area contributed by atoms with Crippen LogP contribution in [0.25, 0.3) is 0 Å². The second-order valence-corrected chi connectivity index (χ2v) is 6.45. The zero-order valence-electron chi connectivity index (χ0n) is 12.7. The van der Waals surface area contributed by atoms with Crippen LogP contribution in [0.2, 0.25) is 5.02 Å². The third kappa shape index (κ3) is 5.63. The van der Waals surface area contributed by atoms with Crippen LogP contribution in [0.3, 0.4) is 0 Å². The third-order valence-corrected chi connectivity index (χ3v) is 3.22. The maximum absolute atomic E-state index is 12.1. The van der Waals surface area contributed by atoms with Gasteiger partial charge in [-0.05, 0) is 23.6 Å². The van der Waals surface area contributed by atoms with Crippen molar-refractivity contribution in [3.63, 3.8) is 0 Å². The van der Waals surface area contributed by atoms with Crippen molar-refractivity contribution < 1.29 is 14.7 Å². The standard InChI is InChI=1S/C15H21ClN2O3/c1-15(2,9-14(20)21)8-13(19)17-11-7-10(16)5-6-12(11)18(3)4/h5-7H,8-9H2,1-4H3,(H,17,19)(H,20,21). The fourth-order valence-electron chi connectivity index (χ4n) is 2.10. The highest BCUT2D eigenvalue weighted by molar-refractivity contribution is 6.31. The minimum atomic E-state index is -0.912. The lowest BCUT2D eigenvalue weighted by atomic mass is 9.85. The predicted octanol–water partition coefficient (Wildman–Crippen LogP) is 3.24. The van der Waals surface area contributed by atoms with Crippen molar-refractivity contribution in [2.75, 3.05) is 24.3 Å². The molecule has 1 rings (SSSR count). The van der Waals surface area contributed by atoms with Crippen LogP contribution in [0.1, 0.15) is 26.7 Å². The van der Waals surface area contributed by atoms with Gasteiger partial charge in [-0.15, -0.1) is 0 Å². The number of carbonyl (C=O) groups excluding carboxylic acids is 1. The first-order chi connectivity index (χ1) is 9.60. The first kappa shape index (κ1) is 17.3. The highest BCUT2D eigenvalue weighted by atomic mass is 35.5. The first-order valence-corrected chi connectivity index (χ1v) is 6.97. The number of carboxylic acids is 1. The highest BCUT2D eigenvalue weighted by Crippen LogP contribution is 2.30. The molecule has 0 aliphatic rings. The van der Waals surface area contributed by atoms with Gasteiger partial charge in [-0.3, -0.25) is 9.59 Å². The Kier molecular flexibility index (Phi) is 5.61. The van der Waals surface area contributed by atoms with Gasteiger partial charge < -0.3 is 15.3 Å². The number of rotatable bonds is 6. The molecule has 1 amide bonds. The third-order valence-electron chi connectivity index (χ3n) is 2.98. The summed E-state index contributed by atoms with van der Waals surface area (Å²) in [6.07, 6.45) is 0.0647. The molecule has 0 aliphatic heterocycles. The number of nitrogens with zero attached hydrogens (tertiary/aromatic N) is 1. The fourth-order valence-corrected chi connectivity index (χ4v) is 2.27. The topological polar surface area (TPSA) is 69.6 Å². The van der Waals surface area contributed by atoms with Crippen molar-refractivity contribution >= 4 is 34.9 Å². The minimum Gasteiger partial charge on any atom is -0.481 e. The highest BCUT2D eigenvalue weighted by Gasteiger charge is 2.25. The van der Waals surface area contributed by atoms with E-state index in [1.807, 2.05) is 25.1 Å². The lowest BCUT2D eigenvalue weighted by molar-refractivity contribution is -0.139. The molecule has 0 bridgehead atoms. The molecule has 1 aromatic rings. The number of halogens is 1. The largest absolute Gasteiger partial charge is 0.481 e. The summed E-state index contributed by atoms with van der Waals surface area (Å²) in [5, 5.41) is 12.2. The average molecular weight is 313 g/mol. The first-order valence-electron chi connectivity index (χ1n) is 6.59. The number of carboxylic acid groups (broad SMARTS) is 1. The number of benzene rings is 1. The number of amides is 1. The van der Waals surface area contributed by atoms with Crippen molar-refractivity contribution in [3.05, 3.63) is 23.2 Å². The van der Waals surface area contributed by atoms with Crippen molar-refractivity contribution in [3.8, 4) is 0 Å². The predicted molar refractivity (Wildman–Crippen MR) is 85.1 cm³/mol. The van der Waals surface area contributed by atoms with Gasteiger partial charge in [0.2, 0.25) is 5.91 Å². The van der Waals surface area contributed by atoms with Gasteiger partial charge in [-0.1, -0.05) is 25.4 Å². The van der Waals surface area contributed by atoms with E-state index < -0.39 is 11.4 Å². The van der Waals surface area contributed by atoms with Gasteiger partial charge in [0.05, 0.1) is 17.8 Å². The summed E-state index contributed by atoms with van der Waals surface area (Å²) in [6, 6.07) is 5.25. The second-order valence-electron chi connectivity index (χ2n) is 6.02. The molecule has 6 heteroatoms. The summed E-state index contributed by atoms with van der Waals surface area (Å²) in [6.45, 7) is 3.51. The molecule has 5 nitrogen and oxygen atoms in total. The molecule has 0 atom stereocenters. The van der Waals surface area contributed by atoms with Crippen molar-refractivity contribution in [2.24, 2.45) is 5.41 Å². The van der Waals surface area contributed by atoms with E-state index in [-0.39, 0.29) is 18.7 Å². The van der Waals surface area contributed by atoms with Crippen molar-refractivity contribution in [2.45, 2.75) is 26.7 Å². The normalized spacial score (nSPS) is 11.1. The van der Waals surface area contributed by atoms with Gasteiger partial charge in [0.25, 0.3) is 0 Å². The Morgan fingerprint density at radius 2 is 1.90 bits per heavy atom. The van der Waals surface area contributed by atoms with Crippen LogP contribution in [-0.4, -0.2) is 31.1 Å². The van der Waals surface area contributed by atoms with Crippen molar-refractivity contribution in [1.82, 2.24) is 0 Å². The molecule has 0 heterocycles. The van der Waals surface area contributed by atoms with Crippen LogP contribution in [-0.2, 0) is 9.59 Å². The summed E-state index contributed by atoms with van der Waals surface area (Å²) in [4.78, 5) is 24.8. The Hall–Kier alpha value is -1.75. The molecule has 0 aliphatic carbocycles. The molecule has 0 fully saturated rings. The molecule has 0 radical (unpaired) electrons. The SMILES string of the molecule is CN(C)c1ccc(Cl)cc1NC(=O)CC(C)(C)CC(=O)O. The molecule has 21 heavy (non-hydrogen) atoms. The molecule has 2 N–H and O–H groups in total. The summed E-state index contributed by atoms with van der Waals surface area (Å²) >= 11 is 5.96. The van der Waals surface area contributed by atoms with E-state index in [0.29, 0.717) is 10.7 Å². The van der Waals surface area contributed by atoms with Gasteiger partial charge in [0, 0.05) is 25.5 Å². The Balaban J connectivity index is 2.84. The summed E-state index contributed by atoms with van der Waals surface area (Å²) in [5.41, 5.74) is 0.847. The number of carbonyl (C=O) groups is 2. The van der Waals surface area contributed by atoms with Crippen molar-refractivity contribution in [1.29, 1.82) is 0 Å².